The van der Waals surface area contributed by atoms with Crippen molar-refractivity contribution in [1.82, 2.24) is 5.32 Å². The van der Waals surface area contributed by atoms with Crippen molar-refractivity contribution >= 4 is 11.9 Å². The molecule has 0 unspecified atom stereocenters. The van der Waals surface area contributed by atoms with Crippen LogP contribution in [-0.4, -0.2) is 30.1 Å². The third-order valence-electron chi connectivity index (χ3n) is 2.93. The second kappa shape index (κ2) is 8.54. The first kappa shape index (κ1) is 18.2. The fourth-order valence-electron chi connectivity index (χ4n) is 1.94. The topological polar surface area (TPSA) is 81.4 Å². The van der Waals surface area contributed by atoms with Gasteiger partial charge in [-0.1, -0.05) is 30.3 Å². The number of hydrogen-bond acceptors (Lipinski definition) is 4. The molecule has 3 N–H and O–H groups in total. The molecule has 122 valence electrons. The van der Waals surface area contributed by atoms with Gasteiger partial charge in [-0.15, -0.1) is 0 Å². The highest BCUT2D eigenvalue weighted by atomic mass is 16.6. The zero-order valence-corrected chi connectivity index (χ0v) is 13.6. The van der Waals surface area contributed by atoms with E-state index >= 15 is 0 Å². The SMILES string of the molecule is CC(C)(C)OC(=O)C[C@H](N)C(=O)NCCCc1ccccc1. The fraction of sp³-hybridized carbons (Fsp3) is 0.529. The Bertz CT molecular complexity index is 480. The van der Waals surface area contributed by atoms with Crippen LogP contribution in [0.2, 0.25) is 0 Å². The summed E-state index contributed by atoms with van der Waals surface area (Å²) >= 11 is 0. The van der Waals surface area contributed by atoms with Gasteiger partial charge in [-0.05, 0) is 39.2 Å². The summed E-state index contributed by atoms with van der Waals surface area (Å²) in [5, 5.41) is 2.75. The Balaban J connectivity index is 2.22. The minimum atomic E-state index is -0.869. The molecule has 0 bridgehead atoms. The van der Waals surface area contributed by atoms with E-state index in [1.54, 1.807) is 20.8 Å². The van der Waals surface area contributed by atoms with Gasteiger partial charge in [0.1, 0.15) is 5.60 Å². The van der Waals surface area contributed by atoms with Gasteiger partial charge in [-0.25, -0.2) is 0 Å². The first-order valence-corrected chi connectivity index (χ1v) is 7.57. The quantitative estimate of drug-likeness (QED) is 0.594. The maximum absolute atomic E-state index is 11.8. The van der Waals surface area contributed by atoms with E-state index in [2.05, 4.69) is 17.4 Å². The van der Waals surface area contributed by atoms with Crippen molar-refractivity contribution in [3.05, 3.63) is 35.9 Å². The average Bonchev–Trinajstić information content (AvgIpc) is 2.42. The van der Waals surface area contributed by atoms with Crippen LogP contribution in [0.15, 0.2) is 30.3 Å². The van der Waals surface area contributed by atoms with Crippen molar-refractivity contribution in [2.24, 2.45) is 5.73 Å². The van der Waals surface area contributed by atoms with Crippen molar-refractivity contribution in [3.8, 4) is 0 Å². The molecule has 0 heterocycles. The summed E-state index contributed by atoms with van der Waals surface area (Å²) in [4.78, 5) is 23.4. The number of nitrogens with one attached hydrogen (secondary N) is 1. The van der Waals surface area contributed by atoms with Gasteiger partial charge in [0.05, 0.1) is 12.5 Å². The monoisotopic (exact) mass is 306 g/mol. The molecule has 0 saturated heterocycles. The lowest BCUT2D eigenvalue weighted by atomic mass is 10.1. The number of aryl methyl sites for hydroxylation is 1. The van der Waals surface area contributed by atoms with Crippen LogP contribution in [0.3, 0.4) is 0 Å². The number of ether oxygens (including phenoxy) is 1. The number of esters is 1. The molecule has 5 nitrogen and oxygen atoms in total. The van der Waals surface area contributed by atoms with E-state index in [0.717, 1.165) is 12.8 Å². The lowest BCUT2D eigenvalue weighted by Gasteiger charge is -2.20. The maximum atomic E-state index is 11.8. The van der Waals surface area contributed by atoms with Crippen molar-refractivity contribution in [2.75, 3.05) is 6.54 Å². The molecular formula is C17H26N2O3. The van der Waals surface area contributed by atoms with Crippen LogP contribution in [0.1, 0.15) is 39.2 Å². The van der Waals surface area contributed by atoms with Gasteiger partial charge in [-0.3, -0.25) is 9.59 Å². The molecule has 1 aromatic carbocycles. The van der Waals surface area contributed by atoms with Crippen LogP contribution in [0.5, 0.6) is 0 Å². The summed E-state index contributed by atoms with van der Waals surface area (Å²) in [6.45, 7) is 5.87. The van der Waals surface area contributed by atoms with Gasteiger partial charge in [-0.2, -0.15) is 0 Å². The molecule has 0 aliphatic rings. The van der Waals surface area contributed by atoms with Crippen LogP contribution in [0.4, 0.5) is 0 Å². The Morgan fingerprint density at radius 1 is 1.23 bits per heavy atom. The molecular weight excluding hydrogens is 280 g/mol. The Morgan fingerprint density at radius 3 is 2.45 bits per heavy atom. The van der Waals surface area contributed by atoms with E-state index in [0.29, 0.717) is 6.54 Å². The van der Waals surface area contributed by atoms with Gasteiger partial charge >= 0.3 is 5.97 Å². The summed E-state index contributed by atoms with van der Waals surface area (Å²) in [5.74, 6) is -0.779. The molecule has 1 rings (SSSR count). The number of nitrogens with two attached hydrogens (primary N) is 1. The third kappa shape index (κ3) is 7.78. The molecule has 1 amide bonds. The molecule has 0 aromatic heterocycles. The van der Waals surface area contributed by atoms with Crippen LogP contribution < -0.4 is 11.1 Å². The first-order chi connectivity index (χ1) is 10.3. The molecule has 1 atom stereocenters. The summed E-state index contributed by atoms with van der Waals surface area (Å²) in [5.41, 5.74) is 6.38. The van der Waals surface area contributed by atoms with E-state index in [1.807, 2.05) is 18.2 Å². The molecule has 0 saturated carbocycles. The highest BCUT2D eigenvalue weighted by Gasteiger charge is 2.22. The number of carbonyl (C=O) groups excluding carboxylic acids is 2. The fourth-order valence-corrected chi connectivity index (χ4v) is 1.94. The lowest BCUT2D eigenvalue weighted by Crippen LogP contribution is -2.43. The van der Waals surface area contributed by atoms with Crippen LogP contribution in [0.25, 0.3) is 0 Å². The third-order valence-corrected chi connectivity index (χ3v) is 2.93. The smallest absolute Gasteiger partial charge is 0.308 e. The summed E-state index contributed by atoms with van der Waals surface area (Å²) in [7, 11) is 0. The molecule has 1 aromatic rings. The van der Waals surface area contributed by atoms with E-state index < -0.39 is 17.6 Å². The van der Waals surface area contributed by atoms with E-state index in [9.17, 15) is 9.59 Å². The Kier molecular flexibility index (Phi) is 7.05. The van der Waals surface area contributed by atoms with Gasteiger partial charge in [0.15, 0.2) is 0 Å². The van der Waals surface area contributed by atoms with E-state index in [1.165, 1.54) is 5.56 Å². The van der Waals surface area contributed by atoms with Crippen LogP contribution in [-0.2, 0) is 20.7 Å². The predicted octanol–water partition coefficient (Wildman–Crippen LogP) is 1.79. The second-order valence-corrected chi connectivity index (χ2v) is 6.28. The molecule has 0 radical (unpaired) electrons. The molecule has 0 aliphatic carbocycles. The predicted molar refractivity (Wildman–Crippen MR) is 86.2 cm³/mol. The number of amides is 1. The summed E-state index contributed by atoms with van der Waals surface area (Å²) < 4.78 is 5.14. The Hall–Kier alpha value is -1.88. The number of carbonyl (C=O) groups is 2. The lowest BCUT2D eigenvalue weighted by molar-refractivity contribution is -0.156. The van der Waals surface area contributed by atoms with Gasteiger partial charge in [0.25, 0.3) is 0 Å². The van der Waals surface area contributed by atoms with Crippen LogP contribution >= 0.6 is 0 Å². The summed E-state index contributed by atoms with van der Waals surface area (Å²) in [6, 6.07) is 9.19. The number of hydrogen-bond donors (Lipinski definition) is 2. The Morgan fingerprint density at radius 2 is 1.86 bits per heavy atom. The van der Waals surface area contributed by atoms with E-state index in [-0.39, 0.29) is 12.3 Å². The normalized spacial score (nSPS) is 12.5. The van der Waals surface area contributed by atoms with Crippen molar-refractivity contribution in [2.45, 2.75) is 51.7 Å². The van der Waals surface area contributed by atoms with E-state index in [4.69, 9.17) is 10.5 Å². The highest BCUT2D eigenvalue weighted by Crippen LogP contribution is 2.09. The molecule has 0 spiro atoms. The highest BCUT2D eigenvalue weighted by molar-refractivity contribution is 5.86. The minimum Gasteiger partial charge on any atom is -0.460 e. The van der Waals surface area contributed by atoms with Crippen molar-refractivity contribution < 1.29 is 14.3 Å². The molecule has 22 heavy (non-hydrogen) atoms. The van der Waals surface area contributed by atoms with Gasteiger partial charge in [0.2, 0.25) is 5.91 Å². The number of rotatable bonds is 7. The molecule has 0 fully saturated rings. The van der Waals surface area contributed by atoms with Crippen LogP contribution in [0, 0.1) is 0 Å². The largest absolute Gasteiger partial charge is 0.460 e. The molecule has 5 heteroatoms. The maximum Gasteiger partial charge on any atom is 0.308 e. The number of benzene rings is 1. The Labute approximate surface area is 132 Å². The van der Waals surface area contributed by atoms with Crippen molar-refractivity contribution in [1.29, 1.82) is 0 Å². The summed E-state index contributed by atoms with van der Waals surface area (Å²) in [6.07, 6.45) is 1.61. The van der Waals surface area contributed by atoms with Crippen molar-refractivity contribution in [3.63, 3.8) is 0 Å². The zero-order chi connectivity index (χ0) is 16.6. The zero-order valence-electron chi connectivity index (χ0n) is 13.6. The standard InChI is InChI=1S/C17H26N2O3/c1-17(2,3)22-15(20)12-14(18)16(21)19-11-7-10-13-8-5-4-6-9-13/h4-6,8-9,14H,7,10-12,18H2,1-3H3,(H,19,21)/t14-/m0/s1. The second-order valence-electron chi connectivity index (χ2n) is 6.28. The minimum absolute atomic E-state index is 0.109. The molecule has 0 aliphatic heterocycles. The first-order valence-electron chi connectivity index (χ1n) is 7.57. The average molecular weight is 306 g/mol. The van der Waals surface area contributed by atoms with Gasteiger partial charge < -0.3 is 15.8 Å². The van der Waals surface area contributed by atoms with Gasteiger partial charge in [0, 0.05) is 6.54 Å².